The third-order valence-electron chi connectivity index (χ3n) is 5.80. The normalized spacial score (nSPS) is 11.8. The van der Waals surface area contributed by atoms with Crippen LogP contribution in [0.4, 0.5) is 17.6 Å². The van der Waals surface area contributed by atoms with E-state index < -0.39 is 30.6 Å². The molecule has 6 nitrogen and oxygen atoms in total. The van der Waals surface area contributed by atoms with E-state index in [-0.39, 0.29) is 0 Å². The van der Waals surface area contributed by atoms with Crippen molar-refractivity contribution in [3.8, 4) is 23.1 Å². The molecule has 39 heavy (non-hydrogen) atoms. The minimum absolute atomic E-state index is 0.337. The second kappa shape index (κ2) is 12.8. The Morgan fingerprint density at radius 2 is 1.49 bits per heavy atom. The summed E-state index contributed by atoms with van der Waals surface area (Å²) in [6.07, 6.45) is 7.16. The van der Waals surface area contributed by atoms with Crippen molar-refractivity contribution in [1.82, 2.24) is 4.98 Å². The average molecular weight is 541 g/mol. The van der Waals surface area contributed by atoms with Gasteiger partial charge in [-0.2, -0.15) is 22.3 Å². The molecule has 0 bridgehead atoms. The molecule has 1 unspecified atom stereocenters. The van der Waals surface area contributed by atoms with Gasteiger partial charge < -0.3 is 19.4 Å². The predicted octanol–water partition coefficient (Wildman–Crippen LogP) is 6.81. The fraction of sp³-hybridized carbons (Fsp3) is 0.172. The van der Waals surface area contributed by atoms with Crippen LogP contribution in [0.3, 0.4) is 0 Å². The van der Waals surface area contributed by atoms with E-state index in [0.29, 0.717) is 33.9 Å². The van der Waals surface area contributed by atoms with E-state index in [1.807, 2.05) is 30.3 Å². The SMILES string of the molecule is C=CCc1ccc(Oc2ccc(C(Cc3cc[n+]([O-])cc3)c3ccc(OC(F)F)c(OC(F)F)c3)cn2)cc1. The van der Waals surface area contributed by atoms with E-state index >= 15 is 0 Å². The summed E-state index contributed by atoms with van der Waals surface area (Å²) in [6.45, 7) is -2.74. The van der Waals surface area contributed by atoms with Gasteiger partial charge in [-0.05, 0) is 59.4 Å². The fourth-order valence-corrected chi connectivity index (χ4v) is 4.01. The Morgan fingerprint density at radius 3 is 2.10 bits per heavy atom. The Hall–Kier alpha value is -4.60. The highest BCUT2D eigenvalue weighted by Gasteiger charge is 2.21. The number of allylic oxidation sites excluding steroid dienone is 1. The van der Waals surface area contributed by atoms with Gasteiger partial charge in [0.25, 0.3) is 0 Å². The van der Waals surface area contributed by atoms with Crippen LogP contribution in [0.5, 0.6) is 23.1 Å². The molecule has 0 N–H and O–H groups in total. The quantitative estimate of drug-likeness (QED) is 0.0855. The van der Waals surface area contributed by atoms with Crippen LogP contribution in [0, 0.1) is 5.21 Å². The van der Waals surface area contributed by atoms with Crippen molar-refractivity contribution in [2.24, 2.45) is 0 Å². The Labute approximate surface area is 222 Å². The smallest absolute Gasteiger partial charge is 0.387 e. The second-order valence-electron chi connectivity index (χ2n) is 8.45. The van der Waals surface area contributed by atoms with E-state index in [0.717, 1.165) is 23.6 Å². The number of nitrogens with zero attached hydrogens (tertiary/aromatic N) is 2. The van der Waals surface area contributed by atoms with Gasteiger partial charge in [-0.3, -0.25) is 0 Å². The summed E-state index contributed by atoms with van der Waals surface area (Å²) < 4.78 is 67.0. The topological polar surface area (TPSA) is 67.5 Å². The summed E-state index contributed by atoms with van der Waals surface area (Å²) in [5.41, 5.74) is 3.04. The zero-order chi connectivity index (χ0) is 27.8. The molecule has 0 saturated carbocycles. The van der Waals surface area contributed by atoms with Crippen molar-refractivity contribution < 1.29 is 36.5 Å². The van der Waals surface area contributed by atoms with Crippen LogP contribution in [0.1, 0.15) is 28.2 Å². The Bertz CT molecular complexity index is 1370. The molecule has 0 fully saturated rings. The third-order valence-corrected chi connectivity index (χ3v) is 5.80. The molecular weight excluding hydrogens is 516 g/mol. The molecule has 2 aromatic heterocycles. The van der Waals surface area contributed by atoms with Crippen molar-refractivity contribution in [3.05, 3.63) is 125 Å². The van der Waals surface area contributed by atoms with Gasteiger partial charge in [-0.1, -0.05) is 30.3 Å². The molecule has 0 spiro atoms. The highest BCUT2D eigenvalue weighted by atomic mass is 19.3. The first-order valence-corrected chi connectivity index (χ1v) is 11.9. The molecule has 4 rings (SSSR count). The van der Waals surface area contributed by atoms with Gasteiger partial charge in [0, 0.05) is 30.3 Å². The van der Waals surface area contributed by atoms with Crippen LogP contribution < -0.4 is 18.9 Å². The maximum atomic E-state index is 13.0. The van der Waals surface area contributed by atoms with Crippen LogP contribution >= 0.6 is 0 Å². The van der Waals surface area contributed by atoms with Gasteiger partial charge in [0.15, 0.2) is 23.9 Å². The maximum Gasteiger partial charge on any atom is 0.387 e. The molecule has 1 atom stereocenters. The molecule has 4 aromatic rings. The number of ether oxygens (including phenoxy) is 3. The lowest BCUT2D eigenvalue weighted by atomic mass is 9.87. The van der Waals surface area contributed by atoms with Gasteiger partial charge in [-0.15, -0.1) is 6.58 Å². The summed E-state index contributed by atoms with van der Waals surface area (Å²) in [6, 6.07) is 18.1. The van der Waals surface area contributed by atoms with Gasteiger partial charge in [-0.25, -0.2) is 4.98 Å². The van der Waals surface area contributed by atoms with Crippen LogP contribution in [-0.4, -0.2) is 18.2 Å². The van der Waals surface area contributed by atoms with E-state index in [1.54, 1.807) is 30.5 Å². The number of alkyl halides is 4. The Balaban J connectivity index is 1.64. The zero-order valence-electron chi connectivity index (χ0n) is 20.6. The molecule has 0 amide bonds. The molecule has 2 aromatic carbocycles. The first-order chi connectivity index (χ1) is 18.8. The van der Waals surface area contributed by atoms with Crippen molar-refractivity contribution in [3.63, 3.8) is 0 Å². The minimum atomic E-state index is -3.25. The van der Waals surface area contributed by atoms with Gasteiger partial charge >= 0.3 is 13.2 Å². The van der Waals surface area contributed by atoms with Gasteiger partial charge in [0.05, 0.1) is 0 Å². The number of hydrogen-bond acceptors (Lipinski definition) is 5. The first-order valence-electron chi connectivity index (χ1n) is 11.9. The van der Waals surface area contributed by atoms with Crippen molar-refractivity contribution in [1.29, 1.82) is 0 Å². The third kappa shape index (κ3) is 7.70. The number of benzene rings is 2. The lowest BCUT2D eigenvalue weighted by Gasteiger charge is -2.20. The standard InChI is InChI=1S/C29H24F4N2O4/c1-2-3-19-4-8-23(9-5-19)37-27-11-7-22(18-34-27)24(16-20-12-14-35(36)15-13-20)21-6-10-25(38-28(30)31)26(17-21)39-29(32)33/h2,4-15,17-18,24,28-29H,1,3,16H2. The van der Waals surface area contributed by atoms with Crippen LogP contribution in [0.2, 0.25) is 0 Å². The van der Waals surface area contributed by atoms with Crippen molar-refractivity contribution >= 4 is 0 Å². The highest BCUT2D eigenvalue weighted by molar-refractivity contribution is 5.47. The molecular formula is C29H24F4N2O4. The monoisotopic (exact) mass is 540 g/mol. The van der Waals surface area contributed by atoms with E-state index in [2.05, 4.69) is 21.0 Å². The number of pyridine rings is 2. The van der Waals surface area contributed by atoms with E-state index in [4.69, 9.17) is 4.74 Å². The van der Waals surface area contributed by atoms with Gasteiger partial charge in [0.1, 0.15) is 5.75 Å². The number of halogens is 4. The lowest BCUT2D eigenvalue weighted by molar-refractivity contribution is -0.605. The molecule has 202 valence electrons. The molecule has 0 radical (unpaired) electrons. The molecule has 2 heterocycles. The summed E-state index contributed by atoms with van der Waals surface area (Å²) in [5, 5.41) is 11.5. The number of rotatable bonds is 12. The molecule has 10 heteroatoms. The molecule has 0 aliphatic carbocycles. The fourth-order valence-electron chi connectivity index (χ4n) is 4.01. The van der Waals surface area contributed by atoms with Gasteiger partial charge in [0.2, 0.25) is 5.88 Å². The molecule has 0 aliphatic rings. The highest BCUT2D eigenvalue weighted by Crippen LogP contribution is 2.37. The summed E-state index contributed by atoms with van der Waals surface area (Å²) in [7, 11) is 0. The molecule has 0 saturated heterocycles. The van der Waals surface area contributed by atoms with Crippen molar-refractivity contribution in [2.75, 3.05) is 0 Å². The molecule has 0 aliphatic heterocycles. The van der Waals surface area contributed by atoms with E-state index in [1.165, 1.54) is 24.5 Å². The number of hydrogen-bond donors (Lipinski definition) is 0. The number of aromatic nitrogens is 2. The lowest BCUT2D eigenvalue weighted by Crippen LogP contribution is -2.24. The summed E-state index contributed by atoms with van der Waals surface area (Å²) in [4.78, 5) is 4.39. The zero-order valence-corrected chi connectivity index (χ0v) is 20.6. The van der Waals surface area contributed by atoms with Crippen molar-refractivity contribution in [2.45, 2.75) is 32.0 Å². The first kappa shape index (κ1) is 27.4. The van der Waals surface area contributed by atoms with E-state index in [9.17, 15) is 22.8 Å². The Morgan fingerprint density at radius 1 is 0.821 bits per heavy atom. The summed E-state index contributed by atoms with van der Waals surface area (Å²) >= 11 is 0. The Kier molecular flexibility index (Phi) is 8.98. The second-order valence-corrected chi connectivity index (χ2v) is 8.45. The summed E-state index contributed by atoms with van der Waals surface area (Å²) in [5.74, 6) is -0.568. The predicted molar refractivity (Wildman–Crippen MR) is 135 cm³/mol. The minimum Gasteiger partial charge on any atom is -0.619 e. The maximum absolute atomic E-state index is 13.0. The largest absolute Gasteiger partial charge is 0.619 e. The average Bonchev–Trinajstić information content (AvgIpc) is 2.91. The van der Waals surface area contributed by atoms with Crippen LogP contribution in [0.15, 0.2) is 98.0 Å². The van der Waals surface area contributed by atoms with Crippen LogP contribution in [0.25, 0.3) is 0 Å². The van der Waals surface area contributed by atoms with Crippen LogP contribution in [-0.2, 0) is 12.8 Å².